The van der Waals surface area contributed by atoms with E-state index < -0.39 is 0 Å². The molecule has 1 fully saturated rings. The van der Waals surface area contributed by atoms with Gasteiger partial charge in [0.15, 0.2) is 0 Å². The highest BCUT2D eigenvalue weighted by molar-refractivity contribution is 4.84. The Bertz CT molecular complexity index is 195. The summed E-state index contributed by atoms with van der Waals surface area (Å²) in [5.41, 5.74) is 6.48. The molecule has 2 heteroatoms. The first-order valence-corrected chi connectivity index (χ1v) is 8.74. The van der Waals surface area contributed by atoms with E-state index in [1.54, 1.807) is 0 Å². The van der Waals surface area contributed by atoms with Gasteiger partial charge in [0.05, 0.1) is 0 Å². The third-order valence-electron chi connectivity index (χ3n) is 4.80. The number of hydrogen-bond acceptors (Lipinski definition) is 2. The van der Waals surface area contributed by atoms with Crippen molar-refractivity contribution in [1.82, 2.24) is 5.32 Å². The molecular weight excluding hydrogens is 232 g/mol. The molecule has 0 bridgehead atoms. The highest BCUT2D eigenvalue weighted by Crippen LogP contribution is 2.33. The Kier molecular flexibility index (Phi) is 9.54. The van der Waals surface area contributed by atoms with Crippen LogP contribution in [0.1, 0.15) is 84.0 Å². The summed E-state index contributed by atoms with van der Waals surface area (Å²) in [6.45, 7) is 5.49. The molecule has 1 aliphatic carbocycles. The molecule has 2 nitrogen and oxygen atoms in total. The number of rotatable bonds is 10. The van der Waals surface area contributed by atoms with E-state index in [0.717, 1.165) is 13.1 Å². The van der Waals surface area contributed by atoms with Gasteiger partial charge in [0.2, 0.25) is 0 Å². The minimum atomic E-state index is 0.415. The Balaban J connectivity index is 2.05. The molecule has 0 aliphatic heterocycles. The lowest BCUT2D eigenvalue weighted by Gasteiger charge is -2.31. The van der Waals surface area contributed by atoms with Crippen molar-refractivity contribution in [1.29, 1.82) is 0 Å². The van der Waals surface area contributed by atoms with Crippen LogP contribution < -0.4 is 11.1 Å². The van der Waals surface area contributed by atoms with Crippen LogP contribution in [0.4, 0.5) is 0 Å². The van der Waals surface area contributed by atoms with Gasteiger partial charge in [0.1, 0.15) is 0 Å². The SMILES string of the molecule is CCCCCCCCNCC1(CN)CCCCCC1. The Morgan fingerprint density at radius 3 is 2.16 bits per heavy atom. The fraction of sp³-hybridized carbons (Fsp3) is 1.00. The second-order valence-corrected chi connectivity index (χ2v) is 6.56. The molecule has 0 radical (unpaired) electrons. The molecule has 0 spiro atoms. The van der Waals surface area contributed by atoms with Gasteiger partial charge < -0.3 is 11.1 Å². The summed E-state index contributed by atoms with van der Waals surface area (Å²) in [4.78, 5) is 0. The van der Waals surface area contributed by atoms with Crippen molar-refractivity contribution in [2.45, 2.75) is 84.0 Å². The van der Waals surface area contributed by atoms with Gasteiger partial charge in [0.25, 0.3) is 0 Å². The van der Waals surface area contributed by atoms with Crippen molar-refractivity contribution >= 4 is 0 Å². The van der Waals surface area contributed by atoms with Gasteiger partial charge in [-0.2, -0.15) is 0 Å². The number of unbranched alkanes of at least 4 members (excludes halogenated alkanes) is 5. The minimum Gasteiger partial charge on any atom is -0.330 e. The Morgan fingerprint density at radius 1 is 0.895 bits per heavy atom. The third kappa shape index (κ3) is 7.31. The maximum Gasteiger partial charge on any atom is 0.00199 e. The minimum absolute atomic E-state index is 0.415. The molecule has 114 valence electrons. The smallest absolute Gasteiger partial charge is 0.00199 e. The summed E-state index contributed by atoms with van der Waals surface area (Å²) in [6, 6.07) is 0. The fourth-order valence-electron chi connectivity index (χ4n) is 3.32. The molecule has 0 amide bonds. The maximum absolute atomic E-state index is 6.06. The molecule has 3 N–H and O–H groups in total. The van der Waals surface area contributed by atoms with Crippen LogP contribution in [0.15, 0.2) is 0 Å². The molecule has 0 aromatic carbocycles. The van der Waals surface area contributed by atoms with Crippen LogP contribution in [0.2, 0.25) is 0 Å². The van der Waals surface area contributed by atoms with Crippen LogP contribution in [-0.4, -0.2) is 19.6 Å². The lowest BCUT2D eigenvalue weighted by Crippen LogP contribution is -2.40. The topological polar surface area (TPSA) is 38.0 Å². The number of nitrogens with one attached hydrogen (secondary N) is 1. The van der Waals surface area contributed by atoms with Gasteiger partial charge in [-0.15, -0.1) is 0 Å². The molecule has 0 unspecified atom stereocenters. The number of hydrogen-bond donors (Lipinski definition) is 2. The van der Waals surface area contributed by atoms with Crippen molar-refractivity contribution in [2.75, 3.05) is 19.6 Å². The molecule has 0 saturated heterocycles. The van der Waals surface area contributed by atoms with Gasteiger partial charge in [-0.1, -0.05) is 64.7 Å². The first-order chi connectivity index (χ1) is 9.33. The molecule has 19 heavy (non-hydrogen) atoms. The third-order valence-corrected chi connectivity index (χ3v) is 4.80. The standard InChI is InChI=1S/C17H36N2/c1-2-3-4-5-8-11-14-19-16-17(15-18)12-9-6-7-10-13-17/h19H,2-16,18H2,1H3. The van der Waals surface area contributed by atoms with E-state index in [9.17, 15) is 0 Å². The highest BCUT2D eigenvalue weighted by Gasteiger charge is 2.28. The van der Waals surface area contributed by atoms with Gasteiger partial charge in [-0.05, 0) is 37.8 Å². The van der Waals surface area contributed by atoms with Crippen LogP contribution in [0.5, 0.6) is 0 Å². The lowest BCUT2D eigenvalue weighted by molar-refractivity contribution is 0.242. The largest absolute Gasteiger partial charge is 0.330 e. The summed E-state index contributed by atoms with van der Waals surface area (Å²) >= 11 is 0. The van der Waals surface area contributed by atoms with Gasteiger partial charge in [-0.3, -0.25) is 0 Å². The van der Waals surface area contributed by atoms with E-state index >= 15 is 0 Å². The van der Waals surface area contributed by atoms with Crippen molar-refractivity contribution in [3.8, 4) is 0 Å². The van der Waals surface area contributed by atoms with Crippen LogP contribution in [0, 0.1) is 5.41 Å². The van der Waals surface area contributed by atoms with Gasteiger partial charge in [0, 0.05) is 6.54 Å². The van der Waals surface area contributed by atoms with Crippen LogP contribution in [0.3, 0.4) is 0 Å². The molecule has 1 aliphatic rings. The summed E-state index contributed by atoms with van der Waals surface area (Å²) in [6.07, 6.45) is 16.6. The van der Waals surface area contributed by atoms with Crippen molar-refractivity contribution in [3.63, 3.8) is 0 Å². The van der Waals surface area contributed by atoms with Gasteiger partial charge in [-0.25, -0.2) is 0 Å². The van der Waals surface area contributed by atoms with Crippen LogP contribution in [-0.2, 0) is 0 Å². The Morgan fingerprint density at radius 2 is 1.53 bits per heavy atom. The Hall–Kier alpha value is -0.0800. The first-order valence-electron chi connectivity index (χ1n) is 8.74. The zero-order valence-electron chi connectivity index (χ0n) is 13.2. The predicted octanol–water partition coefficient (Wildman–Crippen LogP) is 4.24. The second kappa shape index (κ2) is 10.7. The zero-order chi connectivity index (χ0) is 13.8. The van der Waals surface area contributed by atoms with E-state index in [1.807, 2.05) is 0 Å². The van der Waals surface area contributed by atoms with Crippen molar-refractivity contribution < 1.29 is 0 Å². The molecular formula is C17H36N2. The molecule has 0 atom stereocenters. The fourth-order valence-corrected chi connectivity index (χ4v) is 3.32. The zero-order valence-corrected chi connectivity index (χ0v) is 13.2. The number of nitrogens with two attached hydrogens (primary N) is 1. The summed E-state index contributed by atoms with van der Waals surface area (Å²) in [5.74, 6) is 0. The highest BCUT2D eigenvalue weighted by atomic mass is 14.9. The second-order valence-electron chi connectivity index (χ2n) is 6.56. The van der Waals surface area contributed by atoms with E-state index in [1.165, 1.54) is 83.6 Å². The molecule has 0 heterocycles. The first kappa shape index (κ1) is 17.0. The average Bonchev–Trinajstić information content (AvgIpc) is 2.68. The van der Waals surface area contributed by atoms with Gasteiger partial charge >= 0.3 is 0 Å². The average molecular weight is 268 g/mol. The quantitative estimate of drug-likeness (QED) is 0.459. The summed E-state index contributed by atoms with van der Waals surface area (Å²) < 4.78 is 0. The van der Waals surface area contributed by atoms with Crippen molar-refractivity contribution in [2.24, 2.45) is 11.1 Å². The maximum atomic E-state index is 6.06. The molecule has 1 saturated carbocycles. The predicted molar refractivity (Wildman–Crippen MR) is 85.4 cm³/mol. The van der Waals surface area contributed by atoms with E-state index in [4.69, 9.17) is 5.73 Å². The normalized spacial score (nSPS) is 19.3. The van der Waals surface area contributed by atoms with E-state index in [0.29, 0.717) is 5.41 Å². The molecule has 0 aromatic rings. The summed E-state index contributed by atoms with van der Waals surface area (Å²) in [7, 11) is 0. The monoisotopic (exact) mass is 268 g/mol. The molecule has 0 aromatic heterocycles. The summed E-state index contributed by atoms with van der Waals surface area (Å²) in [5, 5.41) is 3.69. The van der Waals surface area contributed by atoms with Crippen LogP contribution in [0.25, 0.3) is 0 Å². The van der Waals surface area contributed by atoms with E-state index in [-0.39, 0.29) is 0 Å². The lowest BCUT2D eigenvalue weighted by atomic mass is 9.80. The van der Waals surface area contributed by atoms with Crippen molar-refractivity contribution in [3.05, 3.63) is 0 Å². The Labute approximate surface area is 120 Å². The molecule has 1 rings (SSSR count). The van der Waals surface area contributed by atoms with E-state index in [2.05, 4.69) is 12.2 Å². The van der Waals surface area contributed by atoms with Crippen LogP contribution >= 0.6 is 0 Å².